The van der Waals surface area contributed by atoms with E-state index in [4.69, 9.17) is 0 Å². The highest BCUT2D eigenvalue weighted by molar-refractivity contribution is 7.22. The van der Waals surface area contributed by atoms with Crippen LogP contribution in [0.2, 0.25) is 0 Å². The molecule has 1 aliphatic heterocycles. The Kier molecular flexibility index (Phi) is 5.84. The zero-order valence-corrected chi connectivity index (χ0v) is 19.2. The molecular formula is C23H26N6O3S. The lowest BCUT2D eigenvalue weighted by Gasteiger charge is -2.30. The van der Waals surface area contributed by atoms with E-state index < -0.39 is 0 Å². The molecule has 2 aromatic heterocycles. The van der Waals surface area contributed by atoms with Crippen LogP contribution in [-0.4, -0.2) is 45.5 Å². The summed E-state index contributed by atoms with van der Waals surface area (Å²) in [4.78, 5) is 48.7. The third kappa shape index (κ3) is 4.75. The van der Waals surface area contributed by atoms with E-state index in [-0.39, 0.29) is 29.8 Å². The van der Waals surface area contributed by atoms with E-state index in [1.54, 1.807) is 0 Å². The number of nitrogens with one attached hydrogen (secondary N) is 2. The number of carbonyl (C=O) groups is 2. The molecule has 1 aliphatic carbocycles. The minimum Gasteiger partial charge on any atom is -0.353 e. The van der Waals surface area contributed by atoms with Gasteiger partial charge in [-0.2, -0.15) is 4.98 Å². The lowest BCUT2D eigenvalue weighted by molar-refractivity contribution is -0.125. The van der Waals surface area contributed by atoms with Crippen molar-refractivity contribution in [3.8, 4) is 0 Å². The molecule has 0 atom stereocenters. The normalized spacial score (nSPS) is 16.7. The quantitative estimate of drug-likeness (QED) is 0.577. The van der Waals surface area contributed by atoms with Gasteiger partial charge in [0, 0.05) is 30.7 Å². The lowest BCUT2D eigenvalue weighted by atomic mass is 9.96. The van der Waals surface area contributed by atoms with Gasteiger partial charge in [0.05, 0.1) is 0 Å². The molecule has 2 aliphatic rings. The fourth-order valence-electron chi connectivity index (χ4n) is 4.02. The van der Waals surface area contributed by atoms with Gasteiger partial charge in [-0.05, 0) is 44.2 Å². The Balaban J connectivity index is 1.26. The summed E-state index contributed by atoms with van der Waals surface area (Å²) < 4.78 is 1.75. The predicted octanol–water partition coefficient (Wildman–Crippen LogP) is 2.30. The summed E-state index contributed by atoms with van der Waals surface area (Å²) in [5, 5.41) is 6.66. The first-order chi connectivity index (χ1) is 16.0. The van der Waals surface area contributed by atoms with Crippen LogP contribution in [0.3, 0.4) is 0 Å². The minimum atomic E-state index is -0.288. The third-order valence-electron chi connectivity index (χ3n) is 6.17. The zero-order valence-electron chi connectivity index (χ0n) is 18.4. The van der Waals surface area contributed by atoms with Crippen LogP contribution in [0.5, 0.6) is 0 Å². The SMILES string of the molecule is Cc1ccccc1NC(=O)Cn1cnc2nc(N3CCC(C(=O)NC4CC4)CC3)sc2c1=O. The highest BCUT2D eigenvalue weighted by Gasteiger charge is 2.30. The molecule has 2 fully saturated rings. The molecule has 9 nitrogen and oxygen atoms in total. The number of benzene rings is 1. The molecule has 33 heavy (non-hydrogen) atoms. The van der Waals surface area contributed by atoms with Gasteiger partial charge in [0.2, 0.25) is 11.8 Å². The first kappa shape index (κ1) is 21.6. The second kappa shape index (κ2) is 8.93. The Hall–Kier alpha value is -3.27. The van der Waals surface area contributed by atoms with E-state index in [1.165, 1.54) is 22.2 Å². The predicted molar refractivity (Wildman–Crippen MR) is 128 cm³/mol. The maximum absolute atomic E-state index is 13.0. The number of anilines is 2. The largest absolute Gasteiger partial charge is 0.353 e. The average molecular weight is 467 g/mol. The van der Waals surface area contributed by atoms with Gasteiger partial charge in [0.25, 0.3) is 5.56 Å². The summed E-state index contributed by atoms with van der Waals surface area (Å²) in [6, 6.07) is 7.87. The molecule has 0 unspecified atom stereocenters. The van der Waals surface area contributed by atoms with Crippen molar-refractivity contribution in [2.24, 2.45) is 5.92 Å². The minimum absolute atomic E-state index is 0.0401. The molecule has 10 heteroatoms. The number of piperidine rings is 1. The first-order valence-corrected chi connectivity index (χ1v) is 12.1. The second-order valence-electron chi connectivity index (χ2n) is 8.73. The molecule has 5 rings (SSSR count). The van der Waals surface area contributed by atoms with Crippen LogP contribution in [0.15, 0.2) is 35.4 Å². The maximum Gasteiger partial charge on any atom is 0.273 e. The van der Waals surface area contributed by atoms with Gasteiger partial charge in [0.15, 0.2) is 10.8 Å². The number of fused-ring (bicyclic) bond motifs is 1. The molecule has 1 saturated heterocycles. The van der Waals surface area contributed by atoms with E-state index in [0.29, 0.717) is 16.4 Å². The Morgan fingerprint density at radius 1 is 1.15 bits per heavy atom. The summed E-state index contributed by atoms with van der Waals surface area (Å²) >= 11 is 1.30. The number of hydrogen-bond donors (Lipinski definition) is 2. The summed E-state index contributed by atoms with van der Waals surface area (Å²) in [7, 11) is 0. The van der Waals surface area contributed by atoms with Gasteiger partial charge in [-0.25, -0.2) is 4.98 Å². The third-order valence-corrected chi connectivity index (χ3v) is 7.26. The van der Waals surface area contributed by atoms with Crippen LogP contribution < -0.4 is 21.1 Å². The van der Waals surface area contributed by atoms with Crippen molar-refractivity contribution < 1.29 is 9.59 Å². The number of nitrogens with zero attached hydrogens (tertiary/aromatic N) is 4. The first-order valence-electron chi connectivity index (χ1n) is 11.2. The van der Waals surface area contributed by atoms with Crippen molar-refractivity contribution >= 4 is 44.3 Å². The topological polar surface area (TPSA) is 109 Å². The van der Waals surface area contributed by atoms with Crippen LogP contribution >= 0.6 is 11.3 Å². The number of para-hydroxylation sites is 1. The van der Waals surface area contributed by atoms with Crippen LogP contribution in [-0.2, 0) is 16.1 Å². The highest BCUT2D eigenvalue weighted by Crippen LogP contribution is 2.30. The fourth-order valence-corrected chi connectivity index (χ4v) is 5.04. The summed E-state index contributed by atoms with van der Waals surface area (Å²) in [5.41, 5.74) is 1.79. The van der Waals surface area contributed by atoms with Gasteiger partial charge < -0.3 is 15.5 Å². The summed E-state index contributed by atoms with van der Waals surface area (Å²) in [5.74, 6) is -0.0860. The van der Waals surface area contributed by atoms with Crippen molar-refractivity contribution in [3.63, 3.8) is 0 Å². The number of aryl methyl sites for hydroxylation is 1. The van der Waals surface area contributed by atoms with Crippen LogP contribution in [0.1, 0.15) is 31.2 Å². The standard InChI is InChI=1S/C23H26N6O3S/c1-14-4-2-3-5-17(14)26-18(30)12-29-13-24-20-19(22(29)32)33-23(27-20)28-10-8-15(9-11-28)21(31)25-16-6-7-16/h2-5,13,15-16H,6-12H2,1H3,(H,25,31)(H,26,30). The lowest BCUT2D eigenvalue weighted by Crippen LogP contribution is -2.41. The molecule has 0 radical (unpaired) electrons. The van der Waals surface area contributed by atoms with Gasteiger partial charge in [-0.3, -0.25) is 19.0 Å². The molecular weight excluding hydrogens is 440 g/mol. The number of amides is 2. The smallest absolute Gasteiger partial charge is 0.273 e. The monoisotopic (exact) mass is 466 g/mol. The number of carbonyl (C=O) groups excluding carboxylic acids is 2. The van der Waals surface area contributed by atoms with Gasteiger partial charge in [0.1, 0.15) is 17.6 Å². The number of thiazole rings is 1. The van der Waals surface area contributed by atoms with Crippen molar-refractivity contribution in [3.05, 3.63) is 46.5 Å². The van der Waals surface area contributed by atoms with E-state index in [9.17, 15) is 14.4 Å². The molecule has 3 aromatic rings. The number of aromatic nitrogens is 3. The summed E-state index contributed by atoms with van der Waals surface area (Å²) in [6.45, 7) is 3.23. The van der Waals surface area contributed by atoms with Crippen molar-refractivity contribution in [2.45, 2.75) is 45.2 Å². The zero-order chi connectivity index (χ0) is 22.9. The van der Waals surface area contributed by atoms with Gasteiger partial charge in [-0.1, -0.05) is 29.5 Å². The molecule has 172 valence electrons. The van der Waals surface area contributed by atoms with Gasteiger partial charge in [-0.15, -0.1) is 0 Å². The second-order valence-corrected chi connectivity index (χ2v) is 9.71. The van der Waals surface area contributed by atoms with Gasteiger partial charge >= 0.3 is 0 Å². The number of rotatable bonds is 6. The Bertz CT molecular complexity index is 1260. The van der Waals surface area contributed by atoms with Crippen molar-refractivity contribution in [2.75, 3.05) is 23.3 Å². The number of hydrogen-bond acceptors (Lipinski definition) is 7. The Labute approximate surface area is 194 Å². The molecule has 1 aromatic carbocycles. The van der Waals surface area contributed by atoms with Crippen molar-refractivity contribution in [1.82, 2.24) is 19.9 Å². The van der Waals surface area contributed by atoms with Crippen molar-refractivity contribution in [1.29, 1.82) is 0 Å². The molecule has 1 saturated carbocycles. The molecule has 2 N–H and O–H groups in total. The fraction of sp³-hybridized carbons (Fsp3) is 0.435. The molecule has 0 bridgehead atoms. The highest BCUT2D eigenvalue weighted by atomic mass is 32.1. The van der Waals surface area contributed by atoms with E-state index >= 15 is 0 Å². The van der Waals surface area contributed by atoms with Crippen LogP contribution in [0, 0.1) is 12.8 Å². The van der Waals surface area contributed by atoms with E-state index in [2.05, 4.69) is 25.5 Å². The Morgan fingerprint density at radius 3 is 2.64 bits per heavy atom. The molecule has 2 amide bonds. The Morgan fingerprint density at radius 2 is 1.91 bits per heavy atom. The van der Waals surface area contributed by atoms with Crippen LogP contribution in [0.25, 0.3) is 10.3 Å². The van der Waals surface area contributed by atoms with Crippen LogP contribution in [0.4, 0.5) is 10.8 Å². The molecule has 0 spiro atoms. The molecule has 3 heterocycles. The van der Waals surface area contributed by atoms with E-state index in [0.717, 1.165) is 55.2 Å². The average Bonchev–Trinajstić information content (AvgIpc) is 3.52. The maximum atomic E-state index is 13.0. The summed E-state index contributed by atoms with van der Waals surface area (Å²) in [6.07, 6.45) is 5.10. The van der Waals surface area contributed by atoms with E-state index in [1.807, 2.05) is 31.2 Å².